The molecule has 0 spiro atoms. The predicted octanol–water partition coefficient (Wildman–Crippen LogP) is 2.68. The maximum Gasteiger partial charge on any atom is 0.252 e. The Kier molecular flexibility index (Phi) is 5.46. The Bertz CT molecular complexity index is 1260. The molecule has 32 heavy (non-hydrogen) atoms. The fourth-order valence-electron chi connectivity index (χ4n) is 4.58. The molecule has 2 aromatic heterocycles. The molecule has 2 aliphatic heterocycles. The quantitative estimate of drug-likeness (QED) is 0.636. The number of rotatable bonds is 5. The summed E-state index contributed by atoms with van der Waals surface area (Å²) in [4.78, 5) is 18.1. The molecular formula is C23H26N4O4S. The molecule has 0 unspecified atom stereocenters. The summed E-state index contributed by atoms with van der Waals surface area (Å²) < 4.78 is 31.5. The fourth-order valence-corrected chi connectivity index (χ4v) is 6.27. The minimum atomic E-state index is -3.09. The fraction of sp³-hybridized carbons (Fsp3) is 0.435. The molecule has 1 amide bonds. The zero-order valence-electron chi connectivity index (χ0n) is 18.0. The Morgan fingerprint density at radius 1 is 1.25 bits per heavy atom. The summed E-state index contributed by atoms with van der Waals surface area (Å²) in [5.41, 5.74) is 3.25. The highest BCUT2D eigenvalue weighted by molar-refractivity contribution is 7.91. The summed E-state index contributed by atoms with van der Waals surface area (Å²) in [5.74, 6) is -0.0154. The first kappa shape index (κ1) is 21.1. The molecule has 0 aliphatic carbocycles. The van der Waals surface area contributed by atoms with Crippen LogP contribution in [0.4, 0.5) is 0 Å². The average Bonchev–Trinajstić information content (AvgIpc) is 3.51. The van der Waals surface area contributed by atoms with E-state index < -0.39 is 9.84 Å². The molecule has 2 atom stereocenters. The van der Waals surface area contributed by atoms with E-state index in [-0.39, 0.29) is 29.6 Å². The number of nitrogens with one attached hydrogen (secondary N) is 1. The summed E-state index contributed by atoms with van der Waals surface area (Å²) in [7, 11) is -3.09. The van der Waals surface area contributed by atoms with Crippen LogP contribution in [-0.4, -0.2) is 59.9 Å². The first-order valence-corrected chi connectivity index (χ1v) is 12.8. The third-order valence-electron chi connectivity index (χ3n) is 6.22. The number of fused-ring (bicyclic) bond motifs is 1. The molecule has 4 heterocycles. The molecule has 0 radical (unpaired) electrons. The number of sulfone groups is 1. The van der Waals surface area contributed by atoms with Gasteiger partial charge >= 0.3 is 0 Å². The largest absolute Gasteiger partial charge is 0.376 e. The lowest BCUT2D eigenvalue weighted by Crippen LogP contribution is -2.32. The molecule has 9 heteroatoms. The number of hydrogen-bond acceptors (Lipinski definition) is 6. The van der Waals surface area contributed by atoms with E-state index in [2.05, 4.69) is 10.4 Å². The second-order valence-corrected chi connectivity index (χ2v) is 10.8. The highest BCUT2D eigenvalue weighted by Gasteiger charge is 2.32. The second-order valence-electron chi connectivity index (χ2n) is 8.55. The predicted molar refractivity (Wildman–Crippen MR) is 121 cm³/mol. The van der Waals surface area contributed by atoms with Crippen LogP contribution in [0.3, 0.4) is 0 Å². The van der Waals surface area contributed by atoms with Crippen molar-refractivity contribution >= 4 is 26.8 Å². The van der Waals surface area contributed by atoms with Crippen LogP contribution in [0.15, 0.2) is 36.4 Å². The zero-order valence-corrected chi connectivity index (χ0v) is 18.8. The van der Waals surface area contributed by atoms with Crippen molar-refractivity contribution in [2.75, 3.05) is 24.7 Å². The molecule has 2 saturated heterocycles. The third kappa shape index (κ3) is 4.02. The van der Waals surface area contributed by atoms with Crippen molar-refractivity contribution in [1.29, 1.82) is 0 Å². The Labute approximate surface area is 186 Å². The van der Waals surface area contributed by atoms with Gasteiger partial charge in [0.2, 0.25) is 0 Å². The molecule has 8 nitrogen and oxygen atoms in total. The molecule has 1 aromatic carbocycles. The third-order valence-corrected chi connectivity index (χ3v) is 7.97. The van der Waals surface area contributed by atoms with Gasteiger partial charge in [-0.2, -0.15) is 5.10 Å². The smallest absolute Gasteiger partial charge is 0.252 e. The minimum absolute atomic E-state index is 0.0392. The Hall–Kier alpha value is -2.78. The molecular weight excluding hydrogens is 428 g/mol. The van der Waals surface area contributed by atoms with E-state index in [1.54, 1.807) is 10.7 Å². The van der Waals surface area contributed by atoms with Crippen molar-refractivity contribution in [3.8, 4) is 11.3 Å². The van der Waals surface area contributed by atoms with E-state index in [4.69, 9.17) is 9.72 Å². The van der Waals surface area contributed by atoms with Gasteiger partial charge in [-0.05, 0) is 32.3 Å². The molecule has 0 bridgehead atoms. The van der Waals surface area contributed by atoms with Crippen molar-refractivity contribution in [2.45, 2.75) is 38.3 Å². The van der Waals surface area contributed by atoms with Crippen LogP contribution in [0, 0.1) is 6.92 Å². The van der Waals surface area contributed by atoms with Crippen molar-refractivity contribution in [2.24, 2.45) is 0 Å². The SMILES string of the molecule is Cc1nn([C@H]2CCS(=O)(=O)C2)c2nc(-c3ccccc3)cc(C(=O)NC[C@@H]3CCCO3)c12. The van der Waals surface area contributed by atoms with Gasteiger partial charge in [-0.3, -0.25) is 4.79 Å². The topological polar surface area (TPSA) is 103 Å². The summed E-state index contributed by atoms with van der Waals surface area (Å²) >= 11 is 0. The second kappa shape index (κ2) is 8.29. The number of hydrogen-bond donors (Lipinski definition) is 1. The Morgan fingerprint density at radius 2 is 2.06 bits per heavy atom. The van der Waals surface area contributed by atoms with E-state index in [0.717, 1.165) is 25.0 Å². The minimum Gasteiger partial charge on any atom is -0.376 e. The standard InChI is InChI=1S/C23H26N4O4S/c1-15-21-19(23(28)24-13-18-8-5-10-31-18)12-20(16-6-3-2-4-7-16)25-22(21)27(26-15)17-9-11-32(29,30)14-17/h2-4,6-7,12,17-18H,5,8-11,13-14H2,1H3,(H,24,28)/t17-,18-/m0/s1. The lowest BCUT2D eigenvalue weighted by atomic mass is 10.0. The highest BCUT2D eigenvalue weighted by atomic mass is 32.2. The van der Waals surface area contributed by atoms with Gasteiger partial charge in [-0.15, -0.1) is 0 Å². The number of aryl methyl sites for hydroxylation is 1. The van der Waals surface area contributed by atoms with Gasteiger partial charge < -0.3 is 10.1 Å². The number of carbonyl (C=O) groups is 1. The molecule has 168 valence electrons. The van der Waals surface area contributed by atoms with Crippen LogP contribution in [0.1, 0.15) is 41.4 Å². The number of amides is 1. The Morgan fingerprint density at radius 3 is 2.75 bits per heavy atom. The van der Waals surface area contributed by atoms with Gasteiger partial charge in [-0.25, -0.2) is 18.1 Å². The summed E-state index contributed by atoms with van der Waals surface area (Å²) in [5, 5.41) is 8.31. The van der Waals surface area contributed by atoms with Crippen LogP contribution in [-0.2, 0) is 14.6 Å². The van der Waals surface area contributed by atoms with Gasteiger partial charge in [0, 0.05) is 18.7 Å². The molecule has 2 aliphatic rings. The van der Waals surface area contributed by atoms with Gasteiger partial charge in [-0.1, -0.05) is 30.3 Å². The molecule has 5 rings (SSSR count). The van der Waals surface area contributed by atoms with Gasteiger partial charge in [0.15, 0.2) is 15.5 Å². The van der Waals surface area contributed by atoms with Crippen molar-refractivity contribution in [3.63, 3.8) is 0 Å². The zero-order chi connectivity index (χ0) is 22.3. The Balaban J connectivity index is 1.60. The number of carbonyl (C=O) groups excluding carboxylic acids is 1. The molecule has 0 saturated carbocycles. The van der Waals surface area contributed by atoms with E-state index in [0.29, 0.717) is 41.0 Å². The van der Waals surface area contributed by atoms with E-state index in [9.17, 15) is 13.2 Å². The maximum atomic E-state index is 13.3. The number of benzene rings is 1. The van der Waals surface area contributed by atoms with Crippen LogP contribution in [0.25, 0.3) is 22.3 Å². The van der Waals surface area contributed by atoms with Gasteiger partial charge in [0.05, 0.1) is 46.0 Å². The number of aromatic nitrogens is 3. The van der Waals surface area contributed by atoms with Crippen LogP contribution in [0.2, 0.25) is 0 Å². The molecule has 1 N–H and O–H groups in total. The van der Waals surface area contributed by atoms with E-state index >= 15 is 0 Å². The van der Waals surface area contributed by atoms with Crippen molar-refractivity contribution in [3.05, 3.63) is 47.7 Å². The summed E-state index contributed by atoms with van der Waals surface area (Å²) in [6, 6.07) is 11.2. The van der Waals surface area contributed by atoms with Crippen molar-refractivity contribution in [1.82, 2.24) is 20.1 Å². The normalized spacial score (nSPS) is 22.4. The van der Waals surface area contributed by atoms with Gasteiger partial charge in [0.1, 0.15) is 0 Å². The summed E-state index contributed by atoms with van der Waals surface area (Å²) in [6.07, 6.45) is 2.48. The molecule has 2 fully saturated rings. The maximum absolute atomic E-state index is 13.3. The monoisotopic (exact) mass is 454 g/mol. The van der Waals surface area contributed by atoms with Crippen LogP contribution in [0.5, 0.6) is 0 Å². The number of pyridine rings is 1. The first-order valence-electron chi connectivity index (χ1n) is 11.0. The first-order chi connectivity index (χ1) is 15.4. The average molecular weight is 455 g/mol. The highest BCUT2D eigenvalue weighted by Crippen LogP contribution is 2.32. The van der Waals surface area contributed by atoms with E-state index in [1.807, 2.05) is 37.3 Å². The van der Waals surface area contributed by atoms with Crippen LogP contribution < -0.4 is 5.32 Å². The number of nitrogens with zero attached hydrogens (tertiary/aromatic N) is 3. The van der Waals surface area contributed by atoms with Gasteiger partial charge in [0.25, 0.3) is 5.91 Å². The van der Waals surface area contributed by atoms with E-state index in [1.165, 1.54) is 0 Å². The lowest BCUT2D eigenvalue weighted by Gasteiger charge is -2.14. The number of ether oxygens (including phenoxy) is 1. The van der Waals surface area contributed by atoms with Crippen molar-refractivity contribution < 1.29 is 17.9 Å². The van der Waals surface area contributed by atoms with Crippen LogP contribution >= 0.6 is 0 Å². The summed E-state index contributed by atoms with van der Waals surface area (Å²) in [6.45, 7) is 3.02. The molecule has 3 aromatic rings. The lowest BCUT2D eigenvalue weighted by molar-refractivity contribution is 0.0859.